The first-order valence-electron chi connectivity index (χ1n) is 12.2. The zero-order valence-electron chi connectivity index (χ0n) is 21.2. The van der Waals surface area contributed by atoms with Crippen molar-refractivity contribution in [1.82, 2.24) is 4.90 Å². The SMILES string of the molecule is CC(=O)N1c2ccc(N3CCN(C(=O)OC(C)(C)C)CC3)cc2[C@H](Nc2ccccc2)[C@@H](C)[C@@H]1O. The average molecular weight is 481 g/mol. The lowest BCUT2D eigenvalue weighted by molar-refractivity contribution is -0.119. The molecule has 3 atom stereocenters. The molecule has 0 unspecified atom stereocenters. The number of aliphatic hydroxyl groups excluding tert-OH is 1. The largest absolute Gasteiger partial charge is 0.444 e. The van der Waals surface area contributed by atoms with E-state index < -0.39 is 11.8 Å². The third-order valence-electron chi connectivity index (χ3n) is 6.60. The van der Waals surface area contributed by atoms with E-state index in [-0.39, 0.29) is 24.0 Å². The molecule has 2 aliphatic rings. The fraction of sp³-hybridized carbons (Fsp3) is 0.481. The van der Waals surface area contributed by atoms with Crippen LogP contribution in [-0.2, 0) is 9.53 Å². The number of rotatable bonds is 3. The maximum absolute atomic E-state index is 12.5. The Morgan fingerprint density at radius 2 is 1.69 bits per heavy atom. The minimum absolute atomic E-state index is 0.180. The maximum Gasteiger partial charge on any atom is 0.410 e. The van der Waals surface area contributed by atoms with E-state index in [1.165, 1.54) is 11.8 Å². The lowest BCUT2D eigenvalue weighted by Crippen LogP contribution is -2.51. The monoisotopic (exact) mass is 480 g/mol. The van der Waals surface area contributed by atoms with Gasteiger partial charge in [-0.2, -0.15) is 0 Å². The number of anilines is 3. The summed E-state index contributed by atoms with van der Waals surface area (Å²) >= 11 is 0. The number of piperazine rings is 1. The Morgan fingerprint density at radius 3 is 2.29 bits per heavy atom. The van der Waals surface area contributed by atoms with E-state index in [9.17, 15) is 14.7 Å². The van der Waals surface area contributed by atoms with Crippen LogP contribution in [0.2, 0.25) is 0 Å². The molecule has 8 heteroatoms. The van der Waals surface area contributed by atoms with Crippen molar-refractivity contribution >= 4 is 29.1 Å². The summed E-state index contributed by atoms with van der Waals surface area (Å²) in [5.41, 5.74) is 3.15. The molecule has 35 heavy (non-hydrogen) atoms. The molecule has 2 amide bonds. The molecule has 1 saturated heterocycles. The lowest BCUT2D eigenvalue weighted by Gasteiger charge is -2.43. The lowest BCUT2D eigenvalue weighted by atomic mass is 9.86. The number of ether oxygens (including phenoxy) is 1. The van der Waals surface area contributed by atoms with Crippen LogP contribution in [0.15, 0.2) is 48.5 Å². The second kappa shape index (κ2) is 9.77. The molecule has 0 aromatic heterocycles. The molecule has 0 radical (unpaired) electrons. The van der Waals surface area contributed by atoms with Gasteiger partial charge in [-0.1, -0.05) is 25.1 Å². The molecule has 2 aliphatic heterocycles. The van der Waals surface area contributed by atoms with Crippen molar-refractivity contribution in [3.63, 3.8) is 0 Å². The Kier molecular flexibility index (Phi) is 6.94. The van der Waals surface area contributed by atoms with Gasteiger partial charge in [-0.25, -0.2) is 4.79 Å². The summed E-state index contributed by atoms with van der Waals surface area (Å²) in [4.78, 5) is 30.4. The molecule has 0 bridgehead atoms. The minimum atomic E-state index is -0.926. The highest BCUT2D eigenvalue weighted by Crippen LogP contribution is 2.43. The molecular formula is C27H36N4O4. The Balaban J connectivity index is 1.59. The molecule has 2 aromatic rings. The first kappa shape index (κ1) is 24.9. The molecule has 0 saturated carbocycles. The van der Waals surface area contributed by atoms with Crippen LogP contribution in [0.4, 0.5) is 21.9 Å². The van der Waals surface area contributed by atoms with Gasteiger partial charge in [0.15, 0.2) is 0 Å². The number of hydrogen-bond donors (Lipinski definition) is 2. The predicted octanol–water partition coefficient (Wildman–Crippen LogP) is 4.22. The van der Waals surface area contributed by atoms with Gasteiger partial charge in [0.05, 0.1) is 11.7 Å². The number of carbonyl (C=O) groups is 2. The topological polar surface area (TPSA) is 85.4 Å². The highest BCUT2D eigenvalue weighted by molar-refractivity contribution is 5.94. The molecule has 0 aliphatic carbocycles. The van der Waals surface area contributed by atoms with Gasteiger partial charge >= 0.3 is 6.09 Å². The van der Waals surface area contributed by atoms with E-state index in [0.717, 1.165) is 16.9 Å². The van der Waals surface area contributed by atoms with E-state index in [1.807, 2.05) is 70.2 Å². The van der Waals surface area contributed by atoms with E-state index in [1.54, 1.807) is 4.90 Å². The Labute approximate surface area is 207 Å². The average Bonchev–Trinajstić information content (AvgIpc) is 2.81. The molecule has 0 spiro atoms. The number of hydrogen-bond acceptors (Lipinski definition) is 6. The summed E-state index contributed by atoms with van der Waals surface area (Å²) in [5.74, 6) is -0.423. The van der Waals surface area contributed by atoms with Crippen molar-refractivity contribution in [2.75, 3.05) is 41.3 Å². The van der Waals surface area contributed by atoms with Crippen molar-refractivity contribution in [1.29, 1.82) is 0 Å². The summed E-state index contributed by atoms with van der Waals surface area (Å²) in [6.07, 6.45) is -1.21. The van der Waals surface area contributed by atoms with Crippen LogP contribution in [0.3, 0.4) is 0 Å². The van der Waals surface area contributed by atoms with Gasteiger partial charge in [0.2, 0.25) is 5.91 Å². The number of benzene rings is 2. The van der Waals surface area contributed by atoms with E-state index >= 15 is 0 Å². The molecule has 2 aromatic carbocycles. The van der Waals surface area contributed by atoms with Crippen molar-refractivity contribution in [3.05, 3.63) is 54.1 Å². The van der Waals surface area contributed by atoms with Gasteiger partial charge in [-0.15, -0.1) is 0 Å². The van der Waals surface area contributed by atoms with Crippen molar-refractivity contribution < 1.29 is 19.4 Å². The van der Waals surface area contributed by atoms with Gasteiger partial charge < -0.3 is 25.0 Å². The number of nitrogens with zero attached hydrogens (tertiary/aromatic N) is 3. The molecule has 2 N–H and O–H groups in total. The molecule has 1 fully saturated rings. The molecule has 188 valence electrons. The van der Waals surface area contributed by atoms with E-state index in [4.69, 9.17) is 4.74 Å². The zero-order valence-corrected chi connectivity index (χ0v) is 21.2. The highest BCUT2D eigenvalue weighted by Gasteiger charge is 2.40. The second-order valence-corrected chi connectivity index (χ2v) is 10.3. The zero-order chi connectivity index (χ0) is 25.3. The van der Waals surface area contributed by atoms with Gasteiger partial charge in [0, 0.05) is 56.0 Å². The molecule has 8 nitrogen and oxygen atoms in total. The number of aliphatic hydroxyl groups is 1. The Hall–Kier alpha value is -3.26. The van der Waals surface area contributed by atoms with Gasteiger partial charge in [-0.05, 0) is 51.1 Å². The van der Waals surface area contributed by atoms with Crippen LogP contribution < -0.4 is 15.1 Å². The summed E-state index contributed by atoms with van der Waals surface area (Å²) < 4.78 is 5.52. The fourth-order valence-corrected chi connectivity index (χ4v) is 4.79. The van der Waals surface area contributed by atoms with Crippen molar-refractivity contribution in [2.24, 2.45) is 5.92 Å². The van der Waals surface area contributed by atoms with Gasteiger partial charge in [-0.3, -0.25) is 9.69 Å². The number of carbonyl (C=O) groups excluding carboxylic acids is 2. The number of fused-ring (bicyclic) bond motifs is 1. The number of para-hydroxylation sites is 1. The van der Waals surface area contributed by atoms with Crippen LogP contribution in [0.25, 0.3) is 0 Å². The quantitative estimate of drug-likeness (QED) is 0.684. The first-order chi connectivity index (χ1) is 16.5. The van der Waals surface area contributed by atoms with Crippen LogP contribution in [0, 0.1) is 5.92 Å². The number of nitrogens with one attached hydrogen (secondary N) is 1. The second-order valence-electron chi connectivity index (χ2n) is 10.3. The molecule has 2 heterocycles. The van der Waals surface area contributed by atoms with Crippen LogP contribution >= 0.6 is 0 Å². The standard InChI is InChI=1S/C27H36N4O4/c1-18-24(28-20-9-7-6-8-10-20)22-17-21(11-12-23(22)31(19(2)32)25(18)33)29-13-15-30(16-14-29)26(34)35-27(3,4)5/h6-12,17-18,24-25,28,33H,13-16H2,1-5H3/t18-,24-,25+/m1/s1. The summed E-state index contributed by atoms with van der Waals surface area (Å²) in [6, 6.07) is 15.7. The van der Waals surface area contributed by atoms with Crippen molar-refractivity contribution in [3.8, 4) is 0 Å². The Bertz CT molecular complexity index is 1060. The van der Waals surface area contributed by atoms with Crippen LogP contribution in [0.5, 0.6) is 0 Å². The van der Waals surface area contributed by atoms with E-state index in [2.05, 4.69) is 16.3 Å². The summed E-state index contributed by atoms with van der Waals surface area (Å²) in [5, 5.41) is 14.6. The van der Waals surface area contributed by atoms with Crippen LogP contribution in [-0.4, -0.2) is 60.0 Å². The summed E-state index contributed by atoms with van der Waals surface area (Å²) in [7, 11) is 0. The third-order valence-corrected chi connectivity index (χ3v) is 6.60. The van der Waals surface area contributed by atoms with E-state index in [0.29, 0.717) is 31.9 Å². The highest BCUT2D eigenvalue weighted by atomic mass is 16.6. The third kappa shape index (κ3) is 5.37. The molecule has 4 rings (SSSR count). The predicted molar refractivity (Wildman–Crippen MR) is 138 cm³/mol. The fourth-order valence-electron chi connectivity index (χ4n) is 4.79. The summed E-state index contributed by atoms with van der Waals surface area (Å²) in [6.45, 7) is 11.6. The smallest absolute Gasteiger partial charge is 0.410 e. The minimum Gasteiger partial charge on any atom is -0.444 e. The first-order valence-corrected chi connectivity index (χ1v) is 12.2. The van der Waals surface area contributed by atoms with Crippen LogP contribution in [0.1, 0.15) is 46.2 Å². The van der Waals surface area contributed by atoms with Crippen molar-refractivity contribution in [2.45, 2.75) is 52.5 Å². The normalized spacial score (nSPS) is 22.5. The Morgan fingerprint density at radius 1 is 1.03 bits per heavy atom. The van der Waals surface area contributed by atoms with Gasteiger partial charge in [0.25, 0.3) is 0 Å². The maximum atomic E-state index is 12.5. The number of amides is 2. The molecular weight excluding hydrogens is 444 g/mol. The van der Waals surface area contributed by atoms with Gasteiger partial charge in [0.1, 0.15) is 11.8 Å².